The summed E-state index contributed by atoms with van der Waals surface area (Å²) < 4.78 is 0. The highest BCUT2D eigenvalue weighted by Crippen LogP contribution is 2.22. The first-order chi connectivity index (χ1) is 17.0. The highest BCUT2D eigenvalue weighted by molar-refractivity contribution is 5.80. The smallest absolute Gasteiger partial charge is 0.269 e. The van der Waals surface area contributed by atoms with Gasteiger partial charge in [0.2, 0.25) is 17.8 Å². The molecule has 0 bridgehead atoms. The predicted molar refractivity (Wildman–Crippen MR) is 139 cm³/mol. The van der Waals surface area contributed by atoms with Gasteiger partial charge in [0, 0.05) is 50.7 Å². The van der Waals surface area contributed by atoms with Gasteiger partial charge >= 0.3 is 0 Å². The van der Waals surface area contributed by atoms with Crippen molar-refractivity contribution >= 4 is 41.1 Å². The number of hydrogen-bond donors (Lipinski definition) is 2. The van der Waals surface area contributed by atoms with E-state index in [4.69, 9.17) is 0 Å². The first kappa shape index (κ1) is 23.9. The summed E-state index contributed by atoms with van der Waals surface area (Å²) in [7, 11) is 3.99. The topological polar surface area (TPSA) is 125 Å². The lowest BCUT2D eigenvalue weighted by Crippen LogP contribution is -2.26. The summed E-state index contributed by atoms with van der Waals surface area (Å²) in [6.07, 6.45) is 6.26. The Morgan fingerprint density at radius 2 is 1.60 bits per heavy atom. The van der Waals surface area contributed by atoms with Gasteiger partial charge in [-0.25, -0.2) is 5.43 Å². The van der Waals surface area contributed by atoms with Crippen LogP contribution in [-0.2, 0) is 0 Å². The molecule has 1 fully saturated rings. The molecular formula is C24H29N9O2. The van der Waals surface area contributed by atoms with Crippen molar-refractivity contribution in [3.05, 3.63) is 64.2 Å². The van der Waals surface area contributed by atoms with E-state index in [-0.39, 0.29) is 5.69 Å². The average Bonchev–Trinajstić information content (AvgIpc) is 3.14. The zero-order valence-corrected chi connectivity index (χ0v) is 19.9. The van der Waals surface area contributed by atoms with Crippen LogP contribution >= 0.6 is 0 Å². The molecule has 35 heavy (non-hydrogen) atoms. The molecule has 0 radical (unpaired) electrons. The first-order valence-electron chi connectivity index (χ1n) is 11.6. The summed E-state index contributed by atoms with van der Waals surface area (Å²) in [5.41, 5.74) is 5.62. The zero-order chi connectivity index (χ0) is 24.6. The second-order valence-corrected chi connectivity index (χ2v) is 8.47. The normalized spacial score (nSPS) is 13.9. The number of benzene rings is 2. The van der Waals surface area contributed by atoms with Crippen LogP contribution in [0.5, 0.6) is 0 Å². The number of nitrogens with one attached hydrogen (secondary N) is 2. The van der Waals surface area contributed by atoms with Crippen LogP contribution in [-0.4, -0.2) is 53.3 Å². The van der Waals surface area contributed by atoms with Crippen LogP contribution in [0.4, 0.5) is 34.9 Å². The van der Waals surface area contributed by atoms with Crippen molar-refractivity contribution in [1.29, 1.82) is 0 Å². The number of hydrazone groups is 1. The molecule has 1 aliphatic heterocycles. The zero-order valence-electron chi connectivity index (χ0n) is 19.9. The number of aromatic nitrogens is 3. The molecule has 0 unspecified atom stereocenters. The lowest BCUT2D eigenvalue weighted by atomic mass is 10.2. The average molecular weight is 476 g/mol. The van der Waals surface area contributed by atoms with Crippen LogP contribution in [0.15, 0.2) is 53.6 Å². The van der Waals surface area contributed by atoms with Crippen molar-refractivity contribution < 1.29 is 4.92 Å². The molecule has 3 aromatic rings. The number of nitro benzene ring substituents is 1. The Morgan fingerprint density at radius 1 is 0.943 bits per heavy atom. The summed E-state index contributed by atoms with van der Waals surface area (Å²) in [4.78, 5) is 28.3. The summed E-state index contributed by atoms with van der Waals surface area (Å²) in [5.74, 6) is 1.21. The van der Waals surface area contributed by atoms with E-state index in [1.54, 1.807) is 18.3 Å². The van der Waals surface area contributed by atoms with Gasteiger partial charge in [-0.2, -0.15) is 20.1 Å². The number of nitro groups is 1. The van der Waals surface area contributed by atoms with E-state index in [0.717, 1.165) is 37.2 Å². The number of non-ortho nitro benzene ring substituents is 1. The fourth-order valence-corrected chi connectivity index (χ4v) is 3.70. The Hall–Kier alpha value is -4.28. The van der Waals surface area contributed by atoms with Gasteiger partial charge < -0.3 is 15.1 Å². The number of nitrogens with zero attached hydrogens (tertiary/aromatic N) is 7. The Balaban J connectivity index is 1.54. The molecule has 0 saturated carbocycles. The second kappa shape index (κ2) is 11.2. The summed E-state index contributed by atoms with van der Waals surface area (Å²) in [6.45, 7) is 1.75. The highest BCUT2D eigenvalue weighted by atomic mass is 16.6. The summed E-state index contributed by atoms with van der Waals surface area (Å²) in [5, 5.41) is 18.4. The van der Waals surface area contributed by atoms with Crippen LogP contribution < -0.4 is 20.5 Å². The fourth-order valence-electron chi connectivity index (χ4n) is 3.70. The maximum Gasteiger partial charge on any atom is 0.269 e. The molecule has 0 amide bonds. The minimum atomic E-state index is -0.432. The Morgan fingerprint density at radius 3 is 2.23 bits per heavy atom. The summed E-state index contributed by atoms with van der Waals surface area (Å²) >= 11 is 0. The van der Waals surface area contributed by atoms with Crippen molar-refractivity contribution in [3.8, 4) is 0 Å². The molecule has 1 saturated heterocycles. The van der Waals surface area contributed by atoms with Crippen LogP contribution in [0.2, 0.25) is 0 Å². The van der Waals surface area contributed by atoms with Crippen molar-refractivity contribution in [2.24, 2.45) is 5.10 Å². The van der Waals surface area contributed by atoms with Gasteiger partial charge in [-0.1, -0.05) is 25.0 Å². The monoisotopic (exact) mass is 475 g/mol. The predicted octanol–water partition coefficient (Wildman–Crippen LogP) is 4.42. The highest BCUT2D eigenvalue weighted by Gasteiger charge is 2.16. The largest absolute Gasteiger partial charge is 0.378 e. The van der Waals surface area contributed by atoms with E-state index in [9.17, 15) is 10.1 Å². The second-order valence-electron chi connectivity index (χ2n) is 8.47. The molecule has 11 heteroatoms. The van der Waals surface area contributed by atoms with Gasteiger partial charge in [0.1, 0.15) is 0 Å². The molecule has 2 heterocycles. The van der Waals surface area contributed by atoms with Crippen LogP contribution in [0.25, 0.3) is 0 Å². The molecule has 2 N–H and O–H groups in total. The Labute approximate surface area is 204 Å². The molecule has 0 spiro atoms. The third kappa shape index (κ3) is 6.62. The molecule has 0 atom stereocenters. The third-order valence-corrected chi connectivity index (χ3v) is 5.63. The Bertz CT molecular complexity index is 1160. The molecule has 182 valence electrons. The fraction of sp³-hybridized carbons (Fsp3) is 0.333. The molecule has 0 aliphatic carbocycles. The minimum Gasteiger partial charge on any atom is -0.378 e. The molecule has 2 aromatic carbocycles. The van der Waals surface area contributed by atoms with E-state index in [2.05, 4.69) is 35.7 Å². The molecule has 1 aromatic heterocycles. The van der Waals surface area contributed by atoms with Gasteiger partial charge in [-0.3, -0.25) is 10.1 Å². The molecular weight excluding hydrogens is 446 g/mol. The lowest BCUT2D eigenvalue weighted by Gasteiger charge is -2.21. The van der Waals surface area contributed by atoms with Crippen molar-refractivity contribution in [2.75, 3.05) is 47.7 Å². The number of hydrogen-bond acceptors (Lipinski definition) is 10. The third-order valence-electron chi connectivity index (χ3n) is 5.63. The summed E-state index contributed by atoms with van der Waals surface area (Å²) in [6, 6.07) is 14.1. The van der Waals surface area contributed by atoms with Crippen LogP contribution in [0, 0.1) is 10.1 Å². The molecule has 4 rings (SSSR count). The maximum absolute atomic E-state index is 10.9. The Kier molecular flexibility index (Phi) is 7.66. The van der Waals surface area contributed by atoms with E-state index >= 15 is 0 Å². The van der Waals surface area contributed by atoms with Gasteiger partial charge in [0.25, 0.3) is 5.69 Å². The first-order valence-corrected chi connectivity index (χ1v) is 11.6. The van der Waals surface area contributed by atoms with Gasteiger partial charge in [-0.15, -0.1) is 0 Å². The van der Waals surface area contributed by atoms with E-state index in [1.165, 1.54) is 25.0 Å². The number of anilines is 5. The minimum absolute atomic E-state index is 0.0201. The quantitative estimate of drug-likeness (QED) is 0.277. The van der Waals surface area contributed by atoms with Crippen molar-refractivity contribution in [1.82, 2.24) is 15.0 Å². The maximum atomic E-state index is 10.9. The molecule has 1 aliphatic rings. The van der Waals surface area contributed by atoms with E-state index in [1.807, 2.05) is 43.3 Å². The van der Waals surface area contributed by atoms with E-state index in [0.29, 0.717) is 23.5 Å². The van der Waals surface area contributed by atoms with E-state index < -0.39 is 4.92 Å². The van der Waals surface area contributed by atoms with Crippen LogP contribution in [0.1, 0.15) is 31.2 Å². The molecule has 11 nitrogen and oxygen atoms in total. The van der Waals surface area contributed by atoms with Crippen LogP contribution in [0.3, 0.4) is 0 Å². The van der Waals surface area contributed by atoms with Crippen molar-refractivity contribution in [3.63, 3.8) is 0 Å². The van der Waals surface area contributed by atoms with Crippen molar-refractivity contribution in [2.45, 2.75) is 25.7 Å². The van der Waals surface area contributed by atoms with Gasteiger partial charge in [-0.05, 0) is 42.7 Å². The lowest BCUT2D eigenvalue weighted by molar-refractivity contribution is -0.384. The van der Waals surface area contributed by atoms with Gasteiger partial charge in [0.05, 0.1) is 11.1 Å². The SMILES string of the molecule is CN(C)c1ccc(/C=N/Nc2nc(Nc3ccc([N+](=O)[O-])cc3)nc(N3CCCCCC3)n2)cc1. The van der Waals surface area contributed by atoms with Gasteiger partial charge in [0.15, 0.2) is 0 Å². The number of rotatable bonds is 8. The standard InChI is InChI=1S/C24H29N9O2/c1-31(2)20-11-7-18(8-12-20)17-25-30-23-27-22(26-19-9-13-21(14-10-19)33(34)35)28-24(29-23)32-15-5-3-4-6-16-32/h7-14,17H,3-6,15-16H2,1-2H3,(H2,26,27,28,29,30)/b25-17+.